The van der Waals surface area contributed by atoms with Gasteiger partial charge in [0.15, 0.2) is 0 Å². The van der Waals surface area contributed by atoms with Crippen LogP contribution in [0.25, 0.3) is 0 Å². The SMILES string of the molecule is Cc1cc(B(O)O)ccc1OCC1CN(C)CCO1. The molecule has 104 valence electrons. The number of ether oxygens (including phenoxy) is 2. The molecule has 1 aromatic rings. The molecule has 5 nitrogen and oxygen atoms in total. The minimum Gasteiger partial charge on any atom is -0.491 e. The molecule has 0 radical (unpaired) electrons. The van der Waals surface area contributed by atoms with E-state index in [4.69, 9.17) is 19.5 Å². The zero-order valence-electron chi connectivity index (χ0n) is 11.4. The average molecular weight is 265 g/mol. The van der Waals surface area contributed by atoms with Gasteiger partial charge in [-0.25, -0.2) is 0 Å². The summed E-state index contributed by atoms with van der Waals surface area (Å²) in [5.41, 5.74) is 1.35. The summed E-state index contributed by atoms with van der Waals surface area (Å²) < 4.78 is 11.4. The Morgan fingerprint density at radius 2 is 2.26 bits per heavy atom. The molecule has 1 aliphatic heterocycles. The van der Waals surface area contributed by atoms with E-state index < -0.39 is 7.12 Å². The third-order valence-corrected chi connectivity index (χ3v) is 3.26. The predicted molar refractivity (Wildman–Crippen MR) is 73.7 cm³/mol. The number of likely N-dealkylation sites (N-methyl/N-ethyl adjacent to an activating group) is 1. The molecule has 2 rings (SSSR count). The summed E-state index contributed by atoms with van der Waals surface area (Å²) >= 11 is 0. The first kappa shape index (κ1) is 14.3. The highest BCUT2D eigenvalue weighted by molar-refractivity contribution is 6.58. The fourth-order valence-corrected chi connectivity index (χ4v) is 2.15. The first-order valence-corrected chi connectivity index (χ1v) is 6.46. The van der Waals surface area contributed by atoms with E-state index in [1.54, 1.807) is 18.2 Å². The smallest absolute Gasteiger partial charge is 0.488 e. The van der Waals surface area contributed by atoms with Crippen LogP contribution in [-0.4, -0.2) is 61.5 Å². The summed E-state index contributed by atoms with van der Waals surface area (Å²) in [5, 5.41) is 18.2. The predicted octanol–water partition coefficient (Wildman–Crippen LogP) is -0.616. The van der Waals surface area contributed by atoms with Crippen LogP contribution in [0.2, 0.25) is 0 Å². The van der Waals surface area contributed by atoms with Gasteiger partial charge in [0, 0.05) is 13.1 Å². The zero-order chi connectivity index (χ0) is 13.8. The van der Waals surface area contributed by atoms with E-state index >= 15 is 0 Å². The maximum absolute atomic E-state index is 9.09. The summed E-state index contributed by atoms with van der Waals surface area (Å²) in [6.07, 6.45) is 0.0845. The van der Waals surface area contributed by atoms with Crippen molar-refractivity contribution in [3.05, 3.63) is 23.8 Å². The summed E-state index contributed by atoms with van der Waals surface area (Å²) in [6, 6.07) is 5.13. The van der Waals surface area contributed by atoms with Crippen molar-refractivity contribution >= 4 is 12.6 Å². The van der Waals surface area contributed by atoms with Crippen molar-refractivity contribution in [3.8, 4) is 5.75 Å². The minimum atomic E-state index is -1.44. The molecular formula is C13H20BNO4. The highest BCUT2D eigenvalue weighted by Gasteiger charge is 2.19. The van der Waals surface area contributed by atoms with Crippen molar-refractivity contribution in [3.63, 3.8) is 0 Å². The number of nitrogens with zero attached hydrogens (tertiary/aromatic N) is 1. The van der Waals surface area contributed by atoms with Gasteiger partial charge in [-0.15, -0.1) is 0 Å². The van der Waals surface area contributed by atoms with Crippen molar-refractivity contribution in [1.29, 1.82) is 0 Å². The molecule has 0 bridgehead atoms. The number of aryl methyl sites for hydroxylation is 1. The number of benzene rings is 1. The maximum atomic E-state index is 9.09. The highest BCUT2D eigenvalue weighted by Crippen LogP contribution is 2.16. The average Bonchev–Trinajstić information content (AvgIpc) is 2.37. The van der Waals surface area contributed by atoms with E-state index in [1.807, 2.05) is 6.92 Å². The Morgan fingerprint density at radius 3 is 2.89 bits per heavy atom. The van der Waals surface area contributed by atoms with Gasteiger partial charge in [-0.2, -0.15) is 0 Å². The van der Waals surface area contributed by atoms with Gasteiger partial charge in [-0.3, -0.25) is 0 Å². The Balaban J connectivity index is 1.92. The minimum absolute atomic E-state index is 0.0845. The second kappa shape index (κ2) is 6.39. The van der Waals surface area contributed by atoms with Gasteiger partial charge in [-0.1, -0.05) is 12.1 Å². The van der Waals surface area contributed by atoms with Crippen molar-refractivity contribution in [2.24, 2.45) is 0 Å². The summed E-state index contributed by atoms with van der Waals surface area (Å²) in [6.45, 7) is 4.95. The number of hydrogen-bond acceptors (Lipinski definition) is 5. The van der Waals surface area contributed by atoms with Gasteiger partial charge in [0.1, 0.15) is 18.5 Å². The van der Waals surface area contributed by atoms with Gasteiger partial charge >= 0.3 is 7.12 Å². The maximum Gasteiger partial charge on any atom is 0.488 e. The molecule has 1 aliphatic rings. The lowest BCUT2D eigenvalue weighted by Crippen LogP contribution is -2.42. The molecule has 1 heterocycles. The van der Waals surface area contributed by atoms with E-state index in [-0.39, 0.29) is 6.10 Å². The second-order valence-electron chi connectivity index (χ2n) is 4.96. The molecule has 2 N–H and O–H groups in total. The van der Waals surface area contributed by atoms with Crippen molar-refractivity contribution in [1.82, 2.24) is 4.90 Å². The van der Waals surface area contributed by atoms with Crippen LogP contribution in [0.3, 0.4) is 0 Å². The van der Waals surface area contributed by atoms with Crippen LogP contribution >= 0.6 is 0 Å². The number of morpholine rings is 1. The third kappa shape index (κ3) is 3.94. The largest absolute Gasteiger partial charge is 0.491 e. The summed E-state index contributed by atoms with van der Waals surface area (Å²) in [5.74, 6) is 0.751. The Labute approximate surface area is 113 Å². The Bertz CT molecular complexity index is 427. The Kier molecular flexibility index (Phi) is 4.82. The van der Waals surface area contributed by atoms with Crippen LogP contribution in [0.5, 0.6) is 5.75 Å². The van der Waals surface area contributed by atoms with E-state index in [0.29, 0.717) is 12.1 Å². The first-order valence-electron chi connectivity index (χ1n) is 6.46. The normalized spacial score (nSPS) is 20.3. The zero-order valence-corrected chi connectivity index (χ0v) is 11.4. The van der Waals surface area contributed by atoms with E-state index in [1.165, 1.54) is 0 Å². The Morgan fingerprint density at radius 1 is 1.47 bits per heavy atom. The van der Waals surface area contributed by atoms with Crippen LogP contribution in [0, 0.1) is 6.92 Å². The van der Waals surface area contributed by atoms with E-state index in [0.717, 1.165) is 31.0 Å². The van der Waals surface area contributed by atoms with Crippen LogP contribution in [0.15, 0.2) is 18.2 Å². The molecule has 1 saturated heterocycles. The number of rotatable bonds is 4. The molecule has 1 fully saturated rings. The lowest BCUT2D eigenvalue weighted by atomic mass is 9.79. The molecule has 1 unspecified atom stereocenters. The van der Waals surface area contributed by atoms with Crippen LogP contribution in [-0.2, 0) is 4.74 Å². The molecule has 0 aromatic heterocycles. The van der Waals surface area contributed by atoms with Crippen LogP contribution in [0.1, 0.15) is 5.56 Å². The first-order chi connectivity index (χ1) is 9.06. The standard InChI is InChI=1S/C13H20BNO4/c1-10-7-11(14(16)17)3-4-13(10)19-9-12-8-15(2)5-6-18-12/h3-4,7,12,16-17H,5-6,8-9H2,1-2H3. The molecule has 0 saturated carbocycles. The van der Waals surface area contributed by atoms with Crippen LogP contribution in [0.4, 0.5) is 0 Å². The molecule has 1 atom stereocenters. The van der Waals surface area contributed by atoms with Gasteiger partial charge in [0.05, 0.1) is 6.61 Å². The third-order valence-electron chi connectivity index (χ3n) is 3.26. The molecule has 1 aromatic carbocycles. The monoisotopic (exact) mass is 265 g/mol. The summed E-state index contributed by atoms with van der Waals surface area (Å²) in [7, 11) is 0.626. The number of hydrogen-bond donors (Lipinski definition) is 2. The van der Waals surface area contributed by atoms with E-state index in [2.05, 4.69) is 11.9 Å². The molecule has 0 amide bonds. The van der Waals surface area contributed by atoms with Crippen molar-refractivity contribution < 1.29 is 19.5 Å². The lowest BCUT2D eigenvalue weighted by molar-refractivity contribution is -0.0404. The second-order valence-corrected chi connectivity index (χ2v) is 4.96. The molecule has 0 aliphatic carbocycles. The molecule has 0 spiro atoms. The topological polar surface area (TPSA) is 62.2 Å². The van der Waals surface area contributed by atoms with E-state index in [9.17, 15) is 0 Å². The van der Waals surface area contributed by atoms with Gasteiger partial charge in [-0.05, 0) is 31.1 Å². The van der Waals surface area contributed by atoms with Gasteiger partial charge < -0.3 is 24.4 Å². The molecule has 19 heavy (non-hydrogen) atoms. The fraction of sp³-hybridized carbons (Fsp3) is 0.538. The fourth-order valence-electron chi connectivity index (χ4n) is 2.15. The van der Waals surface area contributed by atoms with Gasteiger partial charge in [0.25, 0.3) is 0 Å². The lowest BCUT2D eigenvalue weighted by Gasteiger charge is -2.30. The quantitative estimate of drug-likeness (QED) is 0.711. The molecular weight excluding hydrogens is 245 g/mol. The summed E-state index contributed by atoms with van der Waals surface area (Å²) in [4.78, 5) is 2.22. The van der Waals surface area contributed by atoms with Crippen molar-refractivity contribution in [2.45, 2.75) is 13.0 Å². The highest BCUT2D eigenvalue weighted by atomic mass is 16.5. The molecule has 6 heteroatoms. The Hall–Kier alpha value is -1.08. The van der Waals surface area contributed by atoms with Crippen LogP contribution < -0.4 is 10.2 Å². The van der Waals surface area contributed by atoms with Gasteiger partial charge in [0.2, 0.25) is 0 Å². The van der Waals surface area contributed by atoms with Crippen molar-refractivity contribution in [2.75, 3.05) is 33.4 Å².